The Bertz CT molecular complexity index is 1340. The minimum Gasteiger partial charge on any atom is -0.455 e. The fraction of sp³-hybridized carbons (Fsp3) is 0.952. The molecule has 0 amide bonds. The van der Waals surface area contributed by atoms with Gasteiger partial charge in [-0.05, 0) is 14.1 Å². The fourth-order valence-corrected chi connectivity index (χ4v) is 3.70. The monoisotopic (exact) mass is 895 g/mol. The second kappa shape index (κ2) is 14.3. The second-order valence-electron chi connectivity index (χ2n) is 10.8. The normalized spacial score (nSPS) is 17.4. The largest absolute Gasteiger partial charge is 0.460 e. The van der Waals surface area contributed by atoms with Crippen molar-refractivity contribution in [2.45, 2.75) is 95.4 Å². The predicted molar refractivity (Wildman–Crippen MR) is 112 cm³/mol. The van der Waals surface area contributed by atoms with Gasteiger partial charge in [0.2, 0.25) is 0 Å². The van der Waals surface area contributed by atoms with Crippen molar-refractivity contribution in [2.24, 2.45) is 0 Å². The maximum Gasteiger partial charge on any atom is 0.460 e. The van der Waals surface area contributed by atoms with E-state index in [0.29, 0.717) is 19.0 Å². The summed E-state index contributed by atoms with van der Waals surface area (Å²) < 4.78 is 406. The van der Waals surface area contributed by atoms with E-state index in [4.69, 9.17) is 5.11 Å². The topological polar surface area (TPSA) is 59.0 Å². The van der Waals surface area contributed by atoms with Crippen LogP contribution in [0.15, 0.2) is 0 Å². The third-order valence-electron chi connectivity index (χ3n) is 6.84. The maximum absolute atomic E-state index is 14.7. The van der Waals surface area contributed by atoms with Crippen molar-refractivity contribution in [1.82, 2.24) is 4.90 Å². The highest BCUT2D eigenvalue weighted by atomic mass is 19.4. The van der Waals surface area contributed by atoms with Crippen LogP contribution in [0.3, 0.4) is 0 Å². The Morgan fingerprint density at radius 1 is 0.455 bits per heavy atom. The summed E-state index contributed by atoms with van der Waals surface area (Å²) in [5, 5.41) is 8.66. The van der Waals surface area contributed by atoms with Gasteiger partial charge in [-0.25, -0.2) is 0 Å². The molecule has 2 atom stereocenters. The van der Waals surface area contributed by atoms with Gasteiger partial charge in [-0.15, -0.1) is 0 Å². The highest BCUT2D eigenvalue weighted by Crippen LogP contribution is 2.69. The number of rotatable bonds is 20. The first-order valence-corrected chi connectivity index (χ1v) is 12.5. The van der Waals surface area contributed by atoms with Crippen LogP contribution in [0, 0.1) is 0 Å². The van der Waals surface area contributed by atoms with Crippen molar-refractivity contribution in [2.75, 3.05) is 27.4 Å². The van der Waals surface area contributed by atoms with Gasteiger partial charge < -0.3 is 19.5 Å². The molecule has 0 aliphatic heterocycles. The standard InChI is InChI=1S/C21H14F29NO4/c1-51(2)3-6(54-4-52)7(55-5-53)8(22,23)9(24,25)10(26,27)11(28,29)12(30,31)13(32,33)14(34,35)15(36,37)16(38,39)17(40,41)18(42,43)19(44,45)20(46,47)21(48,49)50/h5-7,52H,3-4H2,1-2H3. The summed E-state index contributed by atoms with van der Waals surface area (Å²) in [7, 11) is 1.40. The molecule has 5 nitrogen and oxygen atoms in total. The predicted octanol–water partition coefficient (Wildman–Crippen LogP) is 8.25. The average molecular weight is 895 g/mol. The van der Waals surface area contributed by atoms with Crippen molar-refractivity contribution in [1.29, 1.82) is 0 Å². The van der Waals surface area contributed by atoms with Crippen LogP contribution < -0.4 is 0 Å². The zero-order valence-electron chi connectivity index (χ0n) is 25.2. The summed E-state index contributed by atoms with van der Waals surface area (Å²) in [6.45, 7) is -5.00. The van der Waals surface area contributed by atoms with Crippen molar-refractivity contribution in [3.8, 4) is 0 Å². The quantitative estimate of drug-likeness (QED) is 0.0759. The van der Waals surface area contributed by atoms with Crippen molar-refractivity contribution < 1.29 is 147 Å². The number of halogens is 29. The molecule has 0 aliphatic carbocycles. The Kier molecular flexibility index (Phi) is 13.6. The minimum atomic E-state index is -10.0. The number of aliphatic hydroxyl groups is 1. The van der Waals surface area contributed by atoms with E-state index in [0.717, 1.165) is 0 Å². The summed E-state index contributed by atoms with van der Waals surface area (Å²) >= 11 is 0. The van der Waals surface area contributed by atoms with Gasteiger partial charge in [0.05, 0.1) is 0 Å². The van der Waals surface area contributed by atoms with Crippen LogP contribution in [-0.4, -0.2) is 139 Å². The molecule has 55 heavy (non-hydrogen) atoms. The van der Waals surface area contributed by atoms with Crippen LogP contribution in [0.5, 0.6) is 0 Å². The van der Waals surface area contributed by atoms with E-state index in [9.17, 15) is 132 Å². The van der Waals surface area contributed by atoms with E-state index in [1.54, 1.807) is 0 Å². The molecule has 0 rings (SSSR count). The molecule has 2 unspecified atom stereocenters. The maximum atomic E-state index is 14.7. The number of hydrogen-bond acceptors (Lipinski definition) is 5. The third-order valence-corrected chi connectivity index (χ3v) is 6.84. The van der Waals surface area contributed by atoms with Crippen molar-refractivity contribution in [3.05, 3.63) is 0 Å². The molecule has 0 radical (unpaired) electrons. The molecule has 330 valence electrons. The summed E-state index contributed by atoms with van der Waals surface area (Å²) in [4.78, 5) is 11.0. The van der Waals surface area contributed by atoms with Gasteiger partial charge in [-0.1, -0.05) is 0 Å². The van der Waals surface area contributed by atoms with Gasteiger partial charge >= 0.3 is 83.2 Å². The van der Waals surface area contributed by atoms with E-state index in [-0.39, 0.29) is 0 Å². The van der Waals surface area contributed by atoms with E-state index < -0.39 is 115 Å². The second-order valence-corrected chi connectivity index (χ2v) is 10.8. The molecular formula is C21H14F29NO4. The van der Waals surface area contributed by atoms with E-state index in [1.807, 2.05) is 0 Å². The Balaban J connectivity index is 7.72. The van der Waals surface area contributed by atoms with Gasteiger partial charge in [0.25, 0.3) is 6.47 Å². The van der Waals surface area contributed by atoms with Gasteiger partial charge in [0.15, 0.2) is 6.10 Å². The molecule has 1 N–H and O–H groups in total. The Morgan fingerprint density at radius 3 is 0.891 bits per heavy atom. The molecule has 0 saturated heterocycles. The zero-order chi connectivity index (χ0) is 45.3. The van der Waals surface area contributed by atoms with Crippen molar-refractivity contribution >= 4 is 6.47 Å². The zero-order valence-corrected chi connectivity index (χ0v) is 25.2. The molecule has 0 heterocycles. The Hall–Kier alpha value is -2.68. The minimum absolute atomic E-state index is 0.442. The summed E-state index contributed by atoms with van der Waals surface area (Å²) in [5.74, 6) is -123. The third kappa shape index (κ3) is 6.92. The smallest absolute Gasteiger partial charge is 0.455 e. The summed E-state index contributed by atoms with van der Waals surface area (Å²) in [6, 6.07) is 0. The molecular weight excluding hydrogens is 881 g/mol. The number of carbonyl (C=O) groups excluding carboxylic acids is 1. The van der Waals surface area contributed by atoms with Crippen molar-refractivity contribution in [3.63, 3.8) is 0 Å². The number of hydrogen-bond donors (Lipinski definition) is 1. The molecule has 0 aromatic heterocycles. The summed E-state index contributed by atoms with van der Waals surface area (Å²) in [5.41, 5.74) is 0. The first-order valence-electron chi connectivity index (χ1n) is 12.5. The Labute approximate surface area is 282 Å². The SMILES string of the molecule is CN(C)CC(OCO)C(OC=O)C(F)(F)C(F)(F)C(F)(F)C(F)(F)C(F)(F)C(F)(F)C(F)(F)C(F)(F)C(F)(F)C(F)(F)C(F)(F)C(F)(F)C(F)(F)C(F)(F)F. The molecule has 0 fully saturated rings. The average Bonchev–Trinajstić information content (AvgIpc) is 2.97. The van der Waals surface area contributed by atoms with E-state index >= 15 is 0 Å². The molecule has 0 aromatic carbocycles. The first-order chi connectivity index (χ1) is 23.6. The molecule has 0 saturated carbocycles. The van der Waals surface area contributed by atoms with Crippen LogP contribution in [0.1, 0.15) is 0 Å². The lowest BCUT2D eigenvalue weighted by atomic mass is 9.83. The number of carbonyl (C=O) groups is 1. The number of alkyl halides is 29. The molecule has 0 bridgehead atoms. The van der Waals surface area contributed by atoms with E-state index in [1.165, 1.54) is 0 Å². The van der Waals surface area contributed by atoms with Gasteiger partial charge in [-0.3, -0.25) is 4.79 Å². The number of ether oxygens (including phenoxy) is 2. The highest BCUT2D eigenvalue weighted by Gasteiger charge is 3.01. The van der Waals surface area contributed by atoms with Gasteiger partial charge in [0, 0.05) is 6.54 Å². The van der Waals surface area contributed by atoms with Gasteiger partial charge in [-0.2, -0.15) is 127 Å². The molecule has 0 aliphatic rings. The lowest BCUT2D eigenvalue weighted by Crippen LogP contribution is -2.79. The highest BCUT2D eigenvalue weighted by molar-refractivity contribution is 5.38. The summed E-state index contributed by atoms with van der Waals surface area (Å²) in [6.07, 6.45) is -16.2. The number of aliphatic hydroxyl groups excluding tert-OH is 1. The van der Waals surface area contributed by atoms with E-state index in [2.05, 4.69) is 9.47 Å². The van der Waals surface area contributed by atoms with Crippen LogP contribution >= 0.6 is 0 Å². The lowest BCUT2D eigenvalue weighted by molar-refractivity contribution is -0.488. The Morgan fingerprint density at radius 2 is 0.691 bits per heavy atom. The van der Waals surface area contributed by atoms with Crippen LogP contribution in [0.2, 0.25) is 0 Å². The van der Waals surface area contributed by atoms with Crippen LogP contribution in [0.4, 0.5) is 127 Å². The molecule has 34 heteroatoms. The van der Waals surface area contributed by atoms with Gasteiger partial charge in [0.1, 0.15) is 12.9 Å². The fourth-order valence-electron chi connectivity index (χ4n) is 3.70. The number of likely N-dealkylation sites (N-methyl/N-ethyl adjacent to an activating group) is 1. The first kappa shape index (κ1) is 52.3. The molecule has 0 spiro atoms. The van der Waals surface area contributed by atoms with Crippen LogP contribution in [0.25, 0.3) is 0 Å². The number of nitrogens with zero attached hydrogens (tertiary/aromatic N) is 1. The molecule has 0 aromatic rings. The van der Waals surface area contributed by atoms with Crippen LogP contribution in [-0.2, 0) is 14.3 Å². The lowest BCUT2D eigenvalue weighted by Gasteiger charge is -2.46.